The van der Waals surface area contributed by atoms with Crippen molar-refractivity contribution in [2.45, 2.75) is 25.8 Å². The molecule has 12 heavy (non-hydrogen) atoms. The van der Waals surface area contributed by atoms with Gasteiger partial charge in [0.1, 0.15) is 6.04 Å². The van der Waals surface area contributed by atoms with Crippen molar-refractivity contribution < 1.29 is 13.2 Å². The van der Waals surface area contributed by atoms with Crippen LogP contribution in [0.1, 0.15) is 19.8 Å². The van der Waals surface area contributed by atoms with Crippen LogP contribution in [0.5, 0.6) is 0 Å². The number of primary amides is 1. The van der Waals surface area contributed by atoms with E-state index in [1.54, 1.807) is 0 Å². The third-order valence-corrected chi connectivity index (χ3v) is 1.99. The SMILES string of the molecule is CCCC(NS(C)(=O)=O)C(N)=O. The van der Waals surface area contributed by atoms with Crippen LogP contribution in [0.2, 0.25) is 0 Å². The van der Waals surface area contributed by atoms with Gasteiger partial charge < -0.3 is 5.73 Å². The Balaban J connectivity index is 4.24. The van der Waals surface area contributed by atoms with E-state index in [2.05, 4.69) is 4.72 Å². The number of rotatable bonds is 5. The molecular weight excluding hydrogens is 180 g/mol. The highest BCUT2D eigenvalue weighted by atomic mass is 32.2. The number of nitrogens with one attached hydrogen (secondary N) is 1. The first-order valence-electron chi connectivity index (χ1n) is 3.63. The second kappa shape index (κ2) is 4.42. The molecule has 1 unspecified atom stereocenters. The predicted molar refractivity (Wildman–Crippen MR) is 45.9 cm³/mol. The number of hydrogen-bond acceptors (Lipinski definition) is 3. The second-order valence-electron chi connectivity index (χ2n) is 2.63. The molecule has 0 fully saturated rings. The maximum Gasteiger partial charge on any atom is 0.235 e. The molecule has 5 nitrogen and oxygen atoms in total. The largest absolute Gasteiger partial charge is 0.368 e. The van der Waals surface area contributed by atoms with E-state index in [0.717, 1.165) is 6.26 Å². The minimum Gasteiger partial charge on any atom is -0.368 e. The lowest BCUT2D eigenvalue weighted by Gasteiger charge is -2.11. The van der Waals surface area contributed by atoms with Gasteiger partial charge in [-0.1, -0.05) is 13.3 Å². The van der Waals surface area contributed by atoms with Crippen molar-refractivity contribution >= 4 is 15.9 Å². The first kappa shape index (κ1) is 11.4. The van der Waals surface area contributed by atoms with Crippen molar-refractivity contribution in [2.24, 2.45) is 5.73 Å². The molecule has 0 aromatic carbocycles. The molecule has 0 aliphatic carbocycles. The van der Waals surface area contributed by atoms with Gasteiger partial charge in [0.2, 0.25) is 15.9 Å². The number of carbonyl (C=O) groups excluding carboxylic acids is 1. The van der Waals surface area contributed by atoms with E-state index in [1.807, 2.05) is 6.92 Å². The van der Waals surface area contributed by atoms with Gasteiger partial charge >= 0.3 is 0 Å². The van der Waals surface area contributed by atoms with Gasteiger partial charge in [-0.05, 0) is 6.42 Å². The molecule has 0 aromatic rings. The zero-order valence-electron chi connectivity index (χ0n) is 7.20. The van der Waals surface area contributed by atoms with Gasteiger partial charge in [0.05, 0.1) is 6.26 Å². The van der Waals surface area contributed by atoms with E-state index >= 15 is 0 Å². The zero-order valence-corrected chi connectivity index (χ0v) is 8.02. The molecule has 1 atom stereocenters. The third-order valence-electron chi connectivity index (χ3n) is 1.28. The van der Waals surface area contributed by atoms with Gasteiger partial charge in [-0.3, -0.25) is 4.79 Å². The van der Waals surface area contributed by atoms with Crippen LogP contribution < -0.4 is 10.5 Å². The summed E-state index contributed by atoms with van der Waals surface area (Å²) in [5, 5.41) is 0. The fourth-order valence-electron chi connectivity index (χ4n) is 0.806. The number of carbonyl (C=O) groups is 1. The average molecular weight is 194 g/mol. The molecule has 3 N–H and O–H groups in total. The van der Waals surface area contributed by atoms with Gasteiger partial charge in [-0.25, -0.2) is 13.1 Å². The molecule has 6 heteroatoms. The van der Waals surface area contributed by atoms with Gasteiger partial charge in [0, 0.05) is 0 Å². The van der Waals surface area contributed by atoms with Crippen LogP contribution >= 0.6 is 0 Å². The molecule has 0 saturated heterocycles. The zero-order chi connectivity index (χ0) is 9.78. The Morgan fingerprint density at radius 1 is 1.58 bits per heavy atom. The number of amides is 1. The first-order valence-corrected chi connectivity index (χ1v) is 5.52. The molecule has 0 rings (SSSR count). The summed E-state index contributed by atoms with van der Waals surface area (Å²) in [5.41, 5.74) is 4.96. The maximum atomic E-state index is 10.7. The molecule has 0 radical (unpaired) electrons. The number of nitrogens with two attached hydrogens (primary N) is 1. The summed E-state index contributed by atoms with van der Waals surface area (Å²) in [6, 6.07) is -0.773. The summed E-state index contributed by atoms with van der Waals surface area (Å²) in [5.74, 6) is -0.637. The minimum absolute atomic E-state index is 0.433. The highest BCUT2D eigenvalue weighted by Gasteiger charge is 2.17. The van der Waals surface area contributed by atoms with Crippen LogP contribution in [0.4, 0.5) is 0 Å². The fourth-order valence-corrected chi connectivity index (χ4v) is 1.56. The highest BCUT2D eigenvalue weighted by molar-refractivity contribution is 7.88. The first-order chi connectivity index (χ1) is 5.37. The van der Waals surface area contributed by atoms with Crippen LogP contribution in [-0.2, 0) is 14.8 Å². The Bertz CT molecular complexity index is 248. The van der Waals surface area contributed by atoms with Crippen LogP contribution in [0.15, 0.2) is 0 Å². The Hall–Kier alpha value is -0.620. The number of sulfonamides is 1. The lowest BCUT2D eigenvalue weighted by atomic mass is 10.2. The summed E-state index contributed by atoms with van der Waals surface area (Å²) in [7, 11) is -3.34. The topological polar surface area (TPSA) is 89.3 Å². The van der Waals surface area contributed by atoms with Crippen LogP contribution in [0, 0.1) is 0 Å². The molecule has 0 bridgehead atoms. The molecule has 0 aromatic heterocycles. The van der Waals surface area contributed by atoms with E-state index in [9.17, 15) is 13.2 Å². The smallest absolute Gasteiger partial charge is 0.235 e. The van der Waals surface area contributed by atoms with E-state index in [4.69, 9.17) is 5.73 Å². The Labute approximate surface area is 72.4 Å². The Kier molecular flexibility index (Phi) is 4.19. The summed E-state index contributed by atoms with van der Waals surface area (Å²) >= 11 is 0. The lowest BCUT2D eigenvalue weighted by Crippen LogP contribution is -2.43. The summed E-state index contributed by atoms with van der Waals surface area (Å²) in [6.45, 7) is 1.85. The molecule has 1 amide bonds. The van der Waals surface area contributed by atoms with Crippen molar-refractivity contribution in [1.82, 2.24) is 4.72 Å². The predicted octanol–water partition coefficient (Wildman–Crippen LogP) is -0.810. The maximum absolute atomic E-state index is 10.7. The van der Waals surface area contributed by atoms with E-state index in [1.165, 1.54) is 0 Å². The van der Waals surface area contributed by atoms with E-state index in [-0.39, 0.29) is 0 Å². The molecule has 0 saturated carbocycles. The van der Waals surface area contributed by atoms with E-state index < -0.39 is 22.0 Å². The monoisotopic (exact) mass is 194 g/mol. The van der Waals surface area contributed by atoms with Crippen molar-refractivity contribution in [3.8, 4) is 0 Å². The number of hydrogen-bond donors (Lipinski definition) is 2. The van der Waals surface area contributed by atoms with Crippen molar-refractivity contribution in [1.29, 1.82) is 0 Å². The van der Waals surface area contributed by atoms with Gasteiger partial charge in [-0.15, -0.1) is 0 Å². The Morgan fingerprint density at radius 3 is 2.33 bits per heavy atom. The molecular formula is C6H14N2O3S. The standard InChI is InChI=1S/C6H14N2O3S/c1-3-4-5(6(7)9)8-12(2,10)11/h5,8H,3-4H2,1-2H3,(H2,7,9). The summed E-state index contributed by atoms with van der Waals surface area (Å²) < 4.78 is 23.6. The minimum atomic E-state index is -3.34. The molecule has 0 aliphatic rings. The summed E-state index contributed by atoms with van der Waals surface area (Å²) in [6.07, 6.45) is 2.14. The van der Waals surface area contributed by atoms with Crippen LogP contribution in [0.25, 0.3) is 0 Å². The average Bonchev–Trinajstić information content (AvgIpc) is 1.83. The van der Waals surface area contributed by atoms with Crippen molar-refractivity contribution in [3.05, 3.63) is 0 Å². The molecule has 0 aliphatic heterocycles. The van der Waals surface area contributed by atoms with Crippen LogP contribution in [0.3, 0.4) is 0 Å². The second-order valence-corrected chi connectivity index (χ2v) is 4.41. The molecule has 0 spiro atoms. The highest BCUT2D eigenvalue weighted by Crippen LogP contribution is 1.96. The van der Waals surface area contributed by atoms with E-state index in [0.29, 0.717) is 12.8 Å². The molecule has 72 valence electrons. The van der Waals surface area contributed by atoms with Gasteiger partial charge in [-0.2, -0.15) is 0 Å². The normalized spacial score (nSPS) is 14.2. The molecule has 0 heterocycles. The fraction of sp³-hybridized carbons (Fsp3) is 0.833. The Morgan fingerprint density at radius 2 is 2.08 bits per heavy atom. The van der Waals surface area contributed by atoms with Crippen molar-refractivity contribution in [3.63, 3.8) is 0 Å². The van der Waals surface area contributed by atoms with Gasteiger partial charge in [0.25, 0.3) is 0 Å². The lowest BCUT2D eigenvalue weighted by molar-refractivity contribution is -0.119. The third kappa shape index (κ3) is 5.09. The van der Waals surface area contributed by atoms with Gasteiger partial charge in [0.15, 0.2) is 0 Å². The quantitative estimate of drug-likeness (QED) is 0.599. The van der Waals surface area contributed by atoms with Crippen molar-refractivity contribution in [2.75, 3.05) is 6.26 Å². The summed E-state index contributed by atoms with van der Waals surface area (Å²) in [4.78, 5) is 10.7. The van der Waals surface area contributed by atoms with Crippen LogP contribution in [-0.4, -0.2) is 26.6 Å².